The first-order valence-corrected chi connectivity index (χ1v) is 10.6. The molecule has 0 aromatic heterocycles. The molecule has 152 valence electrons. The summed E-state index contributed by atoms with van der Waals surface area (Å²) in [6.45, 7) is 4.02. The van der Waals surface area contributed by atoms with Crippen LogP contribution < -0.4 is 14.8 Å². The number of hydrogen-bond donors (Lipinski definition) is 1. The standard InChI is InChI=1S/C19H25N3O4S2/c1-12-14-9-16(26-3)15(25-2)8-13(14)4-6-21(12)10-17(23)20-5-7-22-18(24)11-28-19(22)27/h8-9,12H,4-7,10-11H2,1-3H3,(H,20,23)/t12-/m0/s1. The van der Waals surface area contributed by atoms with E-state index in [0.717, 1.165) is 24.3 Å². The van der Waals surface area contributed by atoms with Gasteiger partial charge >= 0.3 is 0 Å². The maximum Gasteiger partial charge on any atom is 0.238 e. The van der Waals surface area contributed by atoms with E-state index in [9.17, 15) is 9.59 Å². The maximum absolute atomic E-state index is 12.4. The van der Waals surface area contributed by atoms with E-state index in [0.29, 0.717) is 35.5 Å². The molecule has 28 heavy (non-hydrogen) atoms. The molecule has 2 aliphatic rings. The van der Waals surface area contributed by atoms with Crippen LogP contribution in [0.5, 0.6) is 11.5 Å². The molecule has 1 atom stereocenters. The molecule has 0 bridgehead atoms. The van der Waals surface area contributed by atoms with Gasteiger partial charge in [-0.05, 0) is 36.6 Å². The molecular formula is C19H25N3O4S2. The molecule has 2 heterocycles. The molecule has 2 aliphatic heterocycles. The van der Waals surface area contributed by atoms with Crippen molar-refractivity contribution in [1.82, 2.24) is 15.1 Å². The monoisotopic (exact) mass is 423 g/mol. The van der Waals surface area contributed by atoms with Crippen LogP contribution in [0.15, 0.2) is 12.1 Å². The highest BCUT2D eigenvalue weighted by molar-refractivity contribution is 8.23. The molecule has 2 amide bonds. The number of hydrogen-bond acceptors (Lipinski definition) is 7. The topological polar surface area (TPSA) is 71.1 Å². The molecule has 0 unspecified atom stereocenters. The first kappa shape index (κ1) is 20.9. The van der Waals surface area contributed by atoms with E-state index >= 15 is 0 Å². The van der Waals surface area contributed by atoms with Crippen molar-refractivity contribution in [2.45, 2.75) is 19.4 Å². The van der Waals surface area contributed by atoms with Crippen LogP contribution in [0.3, 0.4) is 0 Å². The number of carbonyl (C=O) groups is 2. The molecule has 7 nitrogen and oxygen atoms in total. The minimum Gasteiger partial charge on any atom is -0.493 e. The molecule has 1 N–H and O–H groups in total. The lowest BCUT2D eigenvalue weighted by Crippen LogP contribution is -2.44. The molecule has 1 aromatic rings. The van der Waals surface area contributed by atoms with Gasteiger partial charge in [0.1, 0.15) is 4.32 Å². The number of thiocarbonyl (C=S) groups is 1. The summed E-state index contributed by atoms with van der Waals surface area (Å²) >= 11 is 6.51. The van der Waals surface area contributed by atoms with Gasteiger partial charge in [-0.25, -0.2) is 0 Å². The summed E-state index contributed by atoms with van der Waals surface area (Å²) in [7, 11) is 3.26. The molecule has 1 fully saturated rings. The molecule has 0 radical (unpaired) electrons. The van der Waals surface area contributed by atoms with Gasteiger partial charge in [-0.15, -0.1) is 0 Å². The van der Waals surface area contributed by atoms with Gasteiger partial charge < -0.3 is 14.8 Å². The Kier molecular flexibility index (Phi) is 6.79. The number of benzene rings is 1. The first-order valence-electron chi connectivity index (χ1n) is 9.17. The second kappa shape index (κ2) is 9.11. The van der Waals surface area contributed by atoms with Crippen LogP contribution in [0.2, 0.25) is 0 Å². The lowest BCUT2D eigenvalue weighted by Gasteiger charge is -2.35. The zero-order valence-corrected chi connectivity index (χ0v) is 18.0. The Hall–Kier alpha value is -1.84. The highest BCUT2D eigenvalue weighted by atomic mass is 32.2. The third kappa shape index (κ3) is 4.42. The van der Waals surface area contributed by atoms with Crippen LogP contribution >= 0.6 is 24.0 Å². The largest absolute Gasteiger partial charge is 0.493 e. The predicted molar refractivity (Wildman–Crippen MR) is 113 cm³/mol. The molecule has 1 saturated heterocycles. The Morgan fingerprint density at radius 1 is 1.32 bits per heavy atom. The number of methoxy groups -OCH3 is 2. The number of rotatable bonds is 7. The summed E-state index contributed by atoms with van der Waals surface area (Å²) < 4.78 is 11.4. The Morgan fingerprint density at radius 3 is 2.68 bits per heavy atom. The number of amides is 2. The third-order valence-corrected chi connectivity index (χ3v) is 6.59. The third-order valence-electron chi connectivity index (χ3n) is 5.16. The van der Waals surface area contributed by atoms with Crippen molar-refractivity contribution in [3.63, 3.8) is 0 Å². The van der Waals surface area contributed by atoms with Crippen molar-refractivity contribution in [1.29, 1.82) is 0 Å². The molecule has 9 heteroatoms. The van der Waals surface area contributed by atoms with Crippen molar-refractivity contribution in [3.8, 4) is 11.5 Å². The number of nitrogens with zero attached hydrogens (tertiary/aromatic N) is 2. The SMILES string of the molecule is COc1cc2c(cc1OC)[C@H](C)N(CC(=O)NCCN1C(=O)CSC1=S)CC2. The second-order valence-corrected chi connectivity index (χ2v) is 8.36. The molecule has 0 aliphatic carbocycles. The Labute approximate surface area is 174 Å². The first-order chi connectivity index (χ1) is 13.4. The van der Waals surface area contributed by atoms with E-state index in [-0.39, 0.29) is 17.9 Å². The van der Waals surface area contributed by atoms with Gasteiger partial charge in [-0.3, -0.25) is 19.4 Å². The van der Waals surface area contributed by atoms with Crippen molar-refractivity contribution < 1.29 is 19.1 Å². The Bertz CT molecular complexity index is 771. The fourth-order valence-electron chi connectivity index (χ4n) is 3.56. The molecule has 1 aromatic carbocycles. The van der Waals surface area contributed by atoms with Gasteiger partial charge in [-0.2, -0.15) is 0 Å². The summed E-state index contributed by atoms with van der Waals surface area (Å²) in [4.78, 5) is 27.8. The van der Waals surface area contributed by atoms with Gasteiger partial charge in [0.15, 0.2) is 11.5 Å². The van der Waals surface area contributed by atoms with E-state index in [1.165, 1.54) is 17.3 Å². The number of ether oxygens (including phenoxy) is 2. The Morgan fingerprint density at radius 2 is 2.04 bits per heavy atom. The number of carbonyl (C=O) groups excluding carboxylic acids is 2. The summed E-state index contributed by atoms with van der Waals surface area (Å²) in [5.41, 5.74) is 2.38. The van der Waals surface area contributed by atoms with Gasteiger partial charge in [0.25, 0.3) is 0 Å². The van der Waals surface area contributed by atoms with Crippen molar-refractivity contribution in [3.05, 3.63) is 23.3 Å². The molecule has 3 rings (SSSR count). The number of fused-ring (bicyclic) bond motifs is 1. The zero-order chi connectivity index (χ0) is 20.3. The summed E-state index contributed by atoms with van der Waals surface area (Å²) in [5.74, 6) is 1.78. The summed E-state index contributed by atoms with van der Waals surface area (Å²) in [6.07, 6.45) is 0.848. The highest BCUT2D eigenvalue weighted by Crippen LogP contribution is 2.37. The number of nitrogens with one attached hydrogen (secondary N) is 1. The fourth-order valence-corrected chi connectivity index (χ4v) is 4.68. The molecular weight excluding hydrogens is 398 g/mol. The number of thioether (sulfide) groups is 1. The van der Waals surface area contributed by atoms with E-state index in [1.54, 1.807) is 19.1 Å². The van der Waals surface area contributed by atoms with Crippen molar-refractivity contribution in [2.75, 3.05) is 46.2 Å². The minimum absolute atomic E-state index is 0.00915. The van der Waals surface area contributed by atoms with Crippen LogP contribution in [0, 0.1) is 0 Å². The van der Waals surface area contributed by atoms with Crippen LogP contribution in [0.4, 0.5) is 0 Å². The second-order valence-electron chi connectivity index (χ2n) is 6.75. The van der Waals surface area contributed by atoms with Crippen LogP contribution in [0.1, 0.15) is 24.1 Å². The van der Waals surface area contributed by atoms with Gasteiger partial charge in [0.2, 0.25) is 11.8 Å². The normalized spacial score (nSPS) is 19.5. The summed E-state index contributed by atoms with van der Waals surface area (Å²) in [6, 6.07) is 4.12. The average molecular weight is 424 g/mol. The quantitative estimate of drug-likeness (QED) is 0.668. The smallest absolute Gasteiger partial charge is 0.238 e. The van der Waals surface area contributed by atoms with Crippen LogP contribution in [0.25, 0.3) is 0 Å². The van der Waals surface area contributed by atoms with Crippen LogP contribution in [-0.2, 0) is 16.0 Å². The highest BCUT2D eigenvalue weighted by Gasteiger charge is 2.28. The van der Waals surface area contributed by atoms with E-state index in [1.807, 2.05) is 12.1 Å². The zero-order valence-electron chi connectivity index (χ0n) is 16.3. The maximum atomic E-state index is 12.4. The predicted octanol–water partition coefficient (Wildman–Crippen LogP) is 1.60. The van der Waals surface area contributed by atoms with E-state index in [2.05, 4.69) is 17.1 Å². The lowest BCUT2D eigenvalue weighted by atomic mass is 9.93. The van der Waals surface area contributed by atoms with Gasteiger partial charge in [-0.1, -0.05) is 24.0 Å². The van der Waals surface area contributed by atoms with Crippen LogP contribution in [-0.4, -0.2) is 72.1 Å². The van der Waals surface area contributed by atoms with Gasteiger partial charge in [0, 0.05) is 25.7 Å². The van der Waals surface area contributed by atoms with Crippen molar-refractivity contribution >= 4 is 40.1 Å². The minimum atomic E-state index is -0.0546. The lowest BCUT2D eigenvalue weighted by molar-refractivity contribution is -0.125. The van der Waals surface area contributed by atoms with E-state index in [4.69, 9.17) is 21.7 Å². The molecule has 0 spiro atoms. The Balaban J connectivity index is 1.56. The fraction of sp³-hybridized carbons (Fsp3) is 0.526. The van der Waals surface area contributed by atoms with Crippen molar-refractivity contribution in [2.24, 2.45) is 0 Å². The van der Waals surface area contributed by atoms with Gasteiger partial charge in [0.05, 0.1) is 26.5 Å². The average Bonchev–Trinajstić information content (AvgIpc) is 3.01. The molecule has 0 saturated carbocycles. The van der Waals surface area contributed by atoms with E-state index < -0.39 is 0 Å². The summed E-state index contributed by atoms with van der Waals surface area (Å²) in [5, 5.41) is 2.90.